The number of rotatable bonds is 5. The second kappa shape index (κ2) is 8.00. The minimum absolute atomic E-state index is 0.212. The largest absolute Gasteiger partial charge is 0.508 e. The fourth-order valence-corrected chi connectivity index (χ4v) is 5.39. The van der Waals surface area contributed by atoms with E-state index < -0.39 is 0 Å². The minimum Gasteiger partial charge on any atom is -0.508 e. The van der Waals surface area contributed by atoms with Gasteiger partial charge in [0.15, 0.2) is 0 Å². The first kappa shape index (κ1) is 20.8. The Labute approximate surface area is 180 Å². The van der Waals surface area contributed by atoms with Gasteiger partial charge in [-0.1, -0.05) is 13.8 Å². The predicted octanol–water partition coefficient (Wildman–Crippen LogP) is 3.90. The van der Waals surface area contributed by atoms with Crippen molar-refractivity contribution in [1.82, 2.24) is 15.0 Å². The Morgan fingerprint density at radius 1 is 1.17 bits per heavy atom. The van der Waals surface area contributed by atoms with Crippen LogP contribution in [-0.2, 0) is 0 Å². The number of phenolic OH excluding ortho intramolecular Hbond substituents is 1. The molecular formula is C22H29N5O2S. The molecule has 4 atom stereocenters. The van der Waals surface area contributed by atoms with E-state index in [0.29, 0.717) is 23.7 Å². The van der Waals surface area contributed by atoms with Gasteiger partial charge in [-0.3, -0.25) is 0 Å². The number of aromatic hydroxyl groups is 1. The first-order valence-electron chi connectivity index (χ1n) is 10.3. The van der Waals surface area contributed by atoms with Gasteiger partial charge < -0.3 is 20.4 Å². The van der Waals surface area contributed by atoms with E-state index in [1.807, 2.05) is 32.0 Å². The van der Waals surface area contributed by atoms with Gasteiger partial charge in [0.2, 0.25) is 5.95 Å². The molecule has 2 aromatic heterocycles. The van der Waals surface area contributed by atoms with Gasteiger partial charge in [-0.15, -0.1) is 11.3 Å². The third-order valence-corrected chi connectivity index (χ3v) is 7.42. The Bertz CT molecular complexity index is 1070. The smallest absolute Gasteiger partial charge is 0.227 e. The number of benzene rings is 1. The van der Waals surface area contributed by atoms with Crippen LogP contribution in [0.3, 0.4) is 0 Å². The summed E-state index contributed by atoms with van der Waals surface area (Å²) in [6, 6.07) is 5.44. The number of fused-ring (bicyclic) bond motifs is 1. The summed E-state index contributed by atoms with van der Waals surface area (Å²) in [5, 5.41) is 24.1. The van der Waals surface area contributed by atoms with E-state index in [-0.39, 0.29) is 18.4 Å². The molecule has 0 spiro atoms. The number of thiazole rings is 1. The molecule has 4 rings (SSSR count). The molecular weight excluding hydrogens is 398 g/mol. The molecule has 0 bridgehead atoms. The predicted molar refractivity (Wildman–Crippen MR) is 122 cm³/mol. The summed E-state index contributed by atoms with van der Waals surface area (Å²) in [5.41, 5.74) is 2.60. The number of nitrogens with zero attached hydrogens (tertiary/aromatic N) is 4. The first-order valence-corrected chi connectivity index (χ1v) is 11.1. The highest BCUT2D eigenvalue weighted by Gasteiger charge is 2.38. The van der Waals surface area contributed by atoms with Crippen LogP contribution in [0.15, 0.2) is 18.2 Å². The van der Waals surface area contributed by atoms with Crippen molar-refractivity contribution in [2.24, 2.45) is 17.8 Å². The quantitative estimate of drug-likeness (QED) is 0.568. The van der Waals surface area contributed by atoms with E-state index in [9.17, 15) is 10.2 Å². The lowest BCUT2D eigenvalue weighted by Gasteiger charge is -2.23. The van der Waals surface area contributed by atoms with Crippen LogP contribution in [0, 0.1) is 24.7 Å². The molecule has 7 nitrogen and oxygen atoms in total. The van der Waals surface area contributed by atoms with Crippen LogP contribution < -0.4 is 10.2 Å². The second-order valence-electron chi connectivity index (χ2n) is 8.55. The van der Waals surface area contributed by atoms with Crippen LogP contribution in [0.1, 0.15) is 26.0 Å². The average Bonchev–Trinajstić information content (AvgIpc) is 3.22. The topological polar surface area (TPSA) is 94.4 Å². The zero-order chi connectivity index (χ0) is 21.6. The Hall–Kier alpha value is -2.45. The molecule has 1 saturated carbocycles. The van der Waals surface area contributed by atoms with Gasteiger partial charge in [0.25, 0.3) is 0 Å². The van der Waals surface area contributed by atoms with Crippen molar-refractivity contribution in [2.45, 2.75) is 33.2 Å². The maximum Gasteiger partial charge on any atom is 0.227 e. The van der Waals surface area contributed by atoms with Crippen LogP contribution in [0.2, 0.25) is 0 Å². The molecule has 1 aliphatic carbocycles. The number of aliphatic hydroxyl groups is 1. The second-order valence-corrected chi connectivity index (χ2v) is 9.58. The summed E-state index contributed by atoms with van der Waals surface area (Å²) < 4.78 is 0.926. The summed E-state index contributed by atoms with van der Waals surface area (Å²) in [5.74, 6) is 2.81. The van der Waals surface area contributed by atoms with E-state index in [0.717, 1.165) is 38.7 Å². The van der Waals surface area contributed by atoms with Crippen molar-refractivity contribution >= 4 is 33.3 Å². The maximum atomic E-state index is 9.82. The fourth-order valence-electron chi connectivity index (χ4n) is 4.30. The van der Waals surface area contributed by atoms with E-state index in [1.54, 1.807) is 12.1 Å². The van der Waals surface area contributed by atoms with Gasteiger partial charge in [-0.05, 0) is 49.3 Å². The first-order chi connectivity index (χ1) is 14.3. The fraction of sp³-hybridized carbons (Fsp3) is 0.500. The van der Waals surface area contributed by atoms with Crippen LogP contribution in [-0.4, -0.2) is 51.9 Å². The Kier molecular flexibility index (Phi) is 5.55. The summed E-state index contributed by atoms with van der Waals surface area (Å²) in [6.45, 7) is 6.64. The van der Waals surface area contributed by atoms with Crippen LogP contribution in [0.5, 0.6) is 5.75 Å². The molecule has 0 radical (unpaired) electrons. The Balaban J connectivity index is 1.79. The SMILES string of the molecule is Cc1nc(N(C)C)nc(N[C@@H]2C[C@H](CO)[C@@H](C)[C@H]2C)c1-c1nc2ccc(O)cc2s1. The summed E-state index contributed by atoms with van der Waals surface area (Å²) in [6.07, 6.45) is 0.909. The standard InChI is InChI=1S/C22H29N5O2S/c1-11-12(2)17(8-14(11)10-28)24-20-19(13(3)23-22(26-20)27(4)5)21-25-16-7-6-15(29)9-18(16)30-21/h6-7,9,11-12,14,17,28-29H,8,10H2,1-5H3,(H,23,24,26)/t11-,12+,14+,17+/m0/s1. The highest BCUT2D eigenvalue weighted by Crippen LogP contribution is 2.41. The molecule has 30 heavy (non-hydrogen) atoms. The molecule has 0 aliphatic heterocycles. The van der Waals surface area contributed by atoms with Crippen LogP contribution >= 0.6 is 11.3 Å². The van der Waals surface area contributed by atoms with Gasteiger partial charge in [0.1, 0.15) is 16.6 Å². The summed E-state index contributed by atoms with van der Waals surface area (Å²) >= 11 is 1.53. The zero-order valence-corrected chi connectivity index (χ0v) is 18.9. The van der Waals surface area contributed by atoms with Gasteiger partial charge in [-0.25, -0.2) is 9.97 Å². The number of anilines is 2. The number of phenols is 1. The molecule has 1 fully saturated rings. The molecule has 0 saturated heterocycles. The highest BCUT2D eigenvalue weighted by molar-refractivity contribution is 7.21. The third-order valence-electron chi connectivity index (χ3n) is 6.38. The lowest BCUT2D eigenvalue weighted by Crippen LogP contribution is -2.26. The average molecular weight is 428 g/mol. The summed E-state index contributed by atoms with van der Waals surface area (Å²) in [4.78, 5) is 16.2. The van der Waals surface area contributed by atoms with Gasteiger partial charge in [0, 0.05) is 26.7 Å². The van der Waals surface area contributed by atoms with E-state index >= 15 is 0 Å². The number of hydrogen-bond donors (Lipinski definition) is 3. The zero-order valence-electron chi connectivity index (χ0n) is 18.0. The highest BCUT2D eigenvalue weighted by atomic mass is 32.1. The lowest BCUT2D eigenvalue weighted by molar-refractivity contribution is 0.191. The number of hydrogen-bond acceptors (Lipinski definition) is 8. The number of aryl methyl sites for hydroxylation is 1. The minimum atomic E-state index is 0.212. The molecule has 3 N–H and O–H groups in total. The molecule has 160 valence electrons. The molecule has 1 aromatic carbocycles. The van der Waals surface area contributed by atoms with Crippen molar-refractivity contribution < 1.29 is 10.2 Å². The molecule has 3 aromatic rings. The van der Waals surface area contributed by atoms with Crippen LogP contribution in [0.25, 0.3) is 20.8 Å². The maximum absolute atomic E-state index is 9.82. The van der Waals surface area contributed by atoms with Crippen molar-refractivity contribution in [3.05, 3.63) is 23.9 Å². The Morgan fingerprint density at radius 2 is 1.93 bits per heavy atom. The van der Waals surface area contributed by atoms with Gasteiger partial charge in [0.05, 0.1) is 21.5 Å². The van der Waals surface area contributed by atoms with E-state index in [2.05, 4.69) is 24.1 Å². The molecule has 0 amide bonds. The molecule has 8 heteroatoms. The van der Waals surface area contributed by atoms with Gasteiger partial charge >= 0.3 is 0 Å². The molecule has 2 heterocycles. The number of nitrogens with one attached hydrogen (secondary N) is 1. The monoisotopic (exact) mass is 427 g/mol. The van der Waals surface area contributed by atoms with Crippen molar-refractivity contribution in [3.8, 4) is 16.3 Å². The third kappa shape index (κ3) is 3.70. The summed E-state index contributed by atoms with van der Waals surface area (Å²) in [7, 11) is 3.86. The normalized spacial score (nSPS) is 23.8. The van der Waals surface area contributed by atoms with Crippen molar-refractivity contribution in [2.75, 3.05) is 30.9 Å². The van der Waals surface area contributed by atoms with Crippen molar-refractivity contribution in [3.63, 3.8) is 0 Å². The number of aliphatic hydroxyl groups excluding tert-OH is 1. The number of aromatic nitrogens is 3. The Morgan fingerprint density at radius 3 is 2.60 bits per heavy atom. The molecule has 1 aliphatic rings. The van der Waals surface area contributed by atoms with Crippen LogP contribution in [0.4, 0.5) is 11.8 Å². The van der Waals surface area contributed by atoms with E-state index in [4.69, 9.17) is 9.97 Å². The van der Waals surface area contributed by atoms with Crippen molar-refractivity contribution in [1.29, 1.82) is 0 Å². The lowest BCUT2D eigenvalue weighted by atomic mass is 9.92. The van der Waals surface area contributed by atoms with E-state index in [1.165, 1.54) is 11.3 Å². The molecule has 0 unspecified atom stereocenters. The van der Waals surface area contributed by atoms with Gasteiger partial charge in [-0.2, -0.15) is 4.98 Å².